The number of carbonyl (C=O) groups is 1. The molecule has 120 valence electrons. The lowest BCUT2D eigenvalue weighted by molar-refractivity contribution is -0.126. The summed E-state index contributed by atoms with van der Waals surface area (Å²) >= 11 is 0. The lowest BCUT2D eigenvalue weighted by Crippen LogP contribution is -2.37. The highest BCUT2D eigenvalue weighted by Gasteiger charge is 2.36. The minimum atomic E-state index is -0.169. The number of rotatable bonds is 4. The summed E-state index contributed by atoms with van der Waals surface area (Å²) in [5.74, 6) is 0.435. The molecule has 0 radical (unpaired) electrons. The molecule has 2 heterocycles. The zero-order valence-electron chi connectivity index (χ0n) is 13.2. The maximum absolute atomic E-state index is 12.6. The molecule has 1 aromatic carbocycles. The Morgan fingerprint density at radius 2 is 2.30 bits per heavy atom. The lowest BCUT2D eigenvalue weighted by Gasteiger charge is -2.30. The van der Waals surface area contributed by atoms with Crippen LogP contribution in [0.25, 0.3) is 0 Å². The normalized spacial score (nSPS) is 25.7. The van der Waals surface area contributed by atoms with Gasteiger partial charge in [0.2, 0.25) is 5.91 Å². The van der Waals surface area contributed by atoms with E-state index in [0.29, 0.717) is 19.1 Å². The van der Waals surface area contributed by atoms with Crippen LogP contribution >= 0.6 is 0 Å². The molecule has 1 fully saturated rings. The minimum absolute atomic E-state index is 0.0979. The molecule has 5 nitrogen and oxygen atoms in total. The first kappa shape index (κ1) is 14.5. The number of nitrogens with zero attached hydrogens (tertiary/aromatic N) is 2. The minimum Gasteiger partial charge on any atom is -0.373 e. The molecule has 3 atom stereocenters. The molecular weight excluding hydrogens is 290 g/mol. The number of fused-ring (bicyclic) bond motifs is 1. The first-order chi connectivity index (χ1) is 11.2. The quantitative estimate of drug-likeness (QED) is 0.939. The van der Waals surface area contributed by atoms with Crippen molar-refractivity contribution in [2.45, 2.75) is 24.9 Å². The maximum Gasteiger partial charge on any atom is 0.226 e. The van der Waals surface area contributed by atoms with E-state index >= 15 is 0 Å². The monoisotopic (exact) mass is 311 g/mol. The van der Waals surface area contributed by atoms with E-state index in [1.165, 1.54) is 11.1 Å². The van der Waals surface area contributed by atoms with Gasteiger partial charge in [0.25, 0.3) is 0 Å². The fraction of sp³-hybridized carbons (Fsp3) is 0.444. The van der Waals surface area contributed by atoms with Crippen molar-refractivity contribution in [3.63, 3.8) is 0 Å². The van der Waals surface area contributed by atoms with Crippen molar-refractivity contribution in [1.82, 2.24) is 15.1 Å². The van der Waals surface area contributed by atoms with Crippen molar-refractivity contribution >= 4 is 5.91 Å². The van der Waals surface area contributed by atoms with Crippen LogP contribution in [0.1, 0.15) is 35.1 Å². The van der Waals surface area contributed by atoms with Gasteiger partial charge in [-0.05, 0) is 24.0 Å². The van der Waals surface area contributed by atoms with E-state index < -0.39 is 0 Å². The summed E-state index contributed by atoms with van der Waals surface area (Å²) in [6.07, 6.45) is 5.38. The van der Waals surface area contributed by atoms with Crippen LogP contribution in [0, 0.1) is 5.92 Å². The van der Waals surface area contributed by atoms with Crippen LogP contribution in [-0.4, -0.2) is 28.8 Å². The summed E-state index contributed by atoms with van der Waals surface area (Å²) in [7, 11) is 1.88. The Bertz CT molecular complexity index is 725. The third kappa shape index (κ3) is 2.65. The average Bonchev–Trinajstić information content (AvgIpc) is 3.16. The Hall–Kier alpha value is -2.14. The first-order valence-corrected chi connectivity index (χ1v) is 8.18. The smallest absolute Gasteiger partial charge is 0.226 e. The summed E-state index contributed by atoms with van der Waals surface area (Å²) in [5.41, 5.74) is 3.77. The van der Waals surface area contributed by atoms with Gasteiger partial charge in [-0.3, -0.25) is 9.48 Å². The molecule has 1 aliphatic heterocycles. The SMILES string of the molecule is Cn1cc([C@H]2OCC[C@@H]2C(=O)NC[C@@H]2Cc3ccccc32)cn1. The van der Waals surface area contributed by atoms with Gasteiger partial charge in [-0.1, -0.05) is 24.3 Å². The predicted molar refractivity (Wildman–Crippen MR) is 85.9 cm³/mol. The van der Waals surface area contributed by atoms with E-state index in [0.717, 1.165) is 18.4 Å². The number of nitrogens with one attached hydrogen (secondary N) is 1. The van der Waals surface area contributed by atoms with Crippen molar-refractivity contribution in [2.75, 3.05) is 13.2 Å². The molecule has 1 N–H and O–H groups in total. The Labute approximate surface area is 135 Å². The molecule has 2 aromatic rings. The number of ether oxygens (including phenoxy) is 1. The van der Waals surface area contributed by atoms with Crippen LogP contribution in [0.5, 0.6) is 0 Å². The average molecular weight is 311 g/mol. The molecule has 5 heteroatoms. The van der Waals surface area contributed by atoms with E-state index in [1.807, 2.05) is 13.2 Å². The third-order valence-corrected chi connectivity index (χ3v) is 4.97. The predicted octanol–water partition coefficient (Wildman–Crippen LogP) is 1.95. The fourth-order valence-corrected chi connectivity index (χ4v) is 3.67. The molecule has 0 bridgehead atoms. The van der Waals surface area contributed by atoms with Crippen molar-refractivity contribution in [3.05, 3.63) is 53.3 Å². The van der Waals surface area contributed by atoms with Gasteiger partial charge in [-0.2, -0.15) is 5.10 Å². The van der Waals surface area contributed by atoms with Gasteiger partial charge in [0.1, 0.15) is 0 Å². The second-order valence-electron chi connectivity index (χ2n) is 6.48. The number of hydrogen-bond donors (Lipinski definition) is 1. The third-order valence-electron chi connectivity index (χ3n) is 4.97. The summed E-state index contributed by atoms with van der Waals surface area (Å²) < 4.78 is 7.52. The maximum atomic E-state index is 12.6. The van der Waals surface area contributed by atoms with Crippen LogP contribution in [0.4, 0.5) is 0 Å². The van der Waals surface area contributed by atoms with Crippen LogP contribution in [0.3, 0.4) is 0 Å². The molecule has 0 unspecified atom stereocenters. The van der Waals surface area contributed by atoms with Crippen LogP contribution < -0.4 is 5.32 Å². The van der Waals surface area contributed by atoms with E-state index in [-0.39, 0.29) is 17.9 Å². The molecule has 1 amide bonds. The fourth-order valence-electron chi connectivity index (χ4n) is 3.67. The van der Waals surface area contributed by atoms with Gasteiger partial charge in [-0.15, -0.1) is 0 Å². The van der Waals surface area contributed by atoms with Crippen LogP contribution in [0.2, 0.25) is 0 Å². The van der Waals surface area contributed by atoms with Gasteiger partial charge in [-0.25, -0.2) is 0 Å². The Morgan fingerprint density at radius 3 is 3.09 bits per heavy atom. The molecule has 1 aliphatic carbocycles. The number of aryl methyl sites for hydroxylation is 1. The van der Waals surface area contributed by atoms with E-state index in [9.17, 15) is 4.79 Å². The van der Waals surface area contributed by atoms with Crippen molar-refractivity contribution in [3.8, 4) is 0 Å². The zero-order chi connectivity index (χ0) is 15.8. The van der Waals surface area contributed by atoms with Gasteiger partial charge >= 0.3 is 0 Å². The molecule has 4 rings (SSSR count). The van der Waals surface area contributed by atoms with Gasteiger partial charge in [0.05, 0.1) is 18.2 Å². The highest BCUT2D eigenvalue weighted by molar-refractivity contribution is 5.79. The first-order valence-electron chi connectivity index (χ1n) is 8.18. The van der Waals surface area contributed by atoms with Gasteiger partial charge in [0, 0.05) is 37.9 Å². The number of hydrogen-bond acceptors (Lipinski definition) is 3. The Morgan fingerprint density at radius 1 is 1.43 bits per heavy atom. The molecule has 0 saturated carbocycles. The van der Waals surface area contributed by atoms with E-state index in [4.69, 9.17) is 4.74 Å². The molecular formula is C18H21N3O2. The second kappa shape index (κ2) is 5.81. The van der Waals surface area contributed by atoms with Crippen molar-refractivity contribution in [2.24, 2.45) is 13.0 Å². The summed E-state index contributed by atoms with van der Waals surface area (Å²) in [6, 6.07) is 8.46. The molecule has 0 spiro atoms. The van der Waals surface area contributed by atoms with Gasteiger partial charge < -0.3 is 10.1 Å². The molecule has 1 saturated heterocycles. The standard InChI is InChI=1S/C18H21N3O2/c1-21-11-14(10-20-21)17-16(6-7-23-17)18(22)19-9-13-8-12-4-2-3-5-15(12)13/h2-5,10-11,13,16-17H,6-9H2,1H3,(H,19,22)/t13-,16-,17+/m0/s1. The number of carbonyl (C=O) groups excluding carboxylic acids is 1. The highest BCUT2D eigenvalue weighted by Crippen LogP contribution is 2.36. The Kier molecular flexibility index (Phi) is 3.65. The molecule has 1 aromatic heterocycles. The molecule has 23 heavy (non-hydrogen) atoms. The lowest BCUT2D eigenvalue weighted by atomic mass is 9.77. The Balaban J connectivity index is 1.37. The van der Waals surface area contributed by atoms with E-state index in [2.05, 4.69) is 34.7 Å². The van der Waals surface area contributed by atoms with Crippen molar-refractivity contribution in [1.29, 1.82) is 0 Å². The number of aromatic nitrogens is 2. The van der Waals surface area contributed by atoms with Crippen molar-refractivity contribution < 1.29 is 9.53 Å². The summed E-state index contributed by atoms with van der Waals surface area (Å²) in [5, 5.41) is 7.31. The summed E-state index contributed by atoms with van der Waals surface area (Å²) in [4.78, 5) is 12.6. The van der Waals surface area contributed by atoms with Gasteiger partial charge in [0.15, 0.2) is 0 Å². The van der Waals surface area contributed by atoms with E-state index in [1.54, 1.807) is 10.9 Å². The largest absolute Gasteiger partial charge is 0.373 e. The second-order valence-corrected chi connectivity index (χ2v) is 6.48. The number of amides is 1. The van der Waals surface area contributed by atoms with Crippen LogP contribution in [0.15, 0.2) is 36.7 Å². The molecule has 2 aliphatic rings. The van der Waals surface area contributed by atoms with Crippen LogP contribution in [-0.2, 0) is 23.0 Å². The summed E-state index contributed by atoms with van der Waals surface area (Å²) in [6.45, 7) is 1.34. The number of benzene rings is 1. The zero-order valence-corrected chi connectivity index (χ0v) is 13.2. The topological polar surface area (TPSA) is 56.1 Å². The highest BCUT2D eigenvalue weighted by atomic mass is 16.5.